The Morgan fingerprint density at radius 1 is 0.956 bits per heavy atom. The van der Waals surface area contributed by atoms with Crippen molar-refractivity contribution in [3.8, 4) is 5.75 Å². The summed E-state index contributed by atoms with van der Waals surface area (Å²) in [5, 5.41) is 5.54. The van der Waals surface area contributed by atoms with Gasteiger partial charge in [-0.1, -0.05) is 12.1 Å². The molecule has 0 saturated carbocycles. The molecule has 0 radical (unpaired) electrons. The van der Waals surface area contributed by atoms with Crippen LogP contribution >= 0.6 is 0 Å². The number of nitrogens with one attached hydrogen (secondary N) is 3. The van der Waals surface area contributed by atoms with Gasteiger partial charge in [0.05, 0.1) is 12.0 Å². The van der Waals surface area contributed by atoms with E-state index in [1.165, 1.54) is 54.6 Å². The van der Waals surface area contributed by atoms with E-state index in [0.29, 0.717) is 5.75 Å². The number of carbonyl (C=O) groups is 3. The minimum absolute atomic E-state index is 0.00606. The Bertz CT molecular complexity index is 1550. The first-order chi connectivity index (χ1) is 21.1. The molecule has 45 heavy (non-hydrogen) atoms. The molecule has 14 nitrogen and oxygen atoms in total. The van der Waals surface area contributed by atoms with Crippen LogP contribution in [0.15, 0.2) is 53.4 Å². The highest BCUT2D eigenvalue weighted by Crippen LogP contribution is 2.21. The number of benzene rings is 2. The fraction of sp³-hybridized carbons (Fsp3) is 0.483. The van der Waals surface area contributed by atoms with Gasteiger partial charge in [-0.25, -0.2) is 8.42 Å². The Balaban J connectivity index is 1.81. The Labute approximate surface area is 265 Å². The van der Waals surface area contributed by atoms with Gasteiger partial charge < -0.3 is 20.3 Å². The molecule has 1 fully saturated rings. The summed E-state index contributed by atoms with van der Waals surface area (Å²) >= 11 is 0. The van der Waals surface area contributed by atoms with Gasteiger partial charge in [-0.15, -0.1) is 0 Å². The summed E-state index contributed by atoms with van der Waals surface area (Å²) in [5.41, 5.74) is 0.965. The first-order valence-corrected chi connectivity index (χ1v) is 17.3. The number of carbonyl (C=O) groups excluding carboxylic acids is 3. The molecule has 1 heterocycles. The monoisotopic (exact) mass is 666 g/mol. The lowest BCUT2D eigenvalue weighted by molar-refractivity contribution is -0.141. The quantitative estimate of drug-likeness (QED) is 0.371. The number of anilines is 1. The van der Waals surface area contributed by atoms with Gasteiger partial charge in [0.1, 0.15) is 17.8 Å². The van der Waals surface area contributed by atoms with Gasteiger partial charge in [-0.3, -0.25) is 19.1 Å². The largest absolute Gasteiger partial charge is 0.497 e. The van der Waals surface area contributed by atoms with E-state index in [2.05, 4.69) is 15.4 Å². The molecule has 3 rings (SSSR count). The van der Waals surface area contributed by atoms with Crippen LogP contribution in [-0.4, -0.2) is 108 Å². The maximum Gasteiger partial charge on any atom is 0.301 e. The Kier molecular flexibility index (Phi) is 12.3. The summed E-state index contributed by atoms with van der Waals surface area (Å²) in [6, 6.07) is 10.6. The lowest BCUT2D eigenvalue weighted by atomic mass is 10.0. The van der Waals surface area contributed by atoms with Gasteiger partial charge in [-0.2, -0.15) is 17.0 Å². The van der Waals surface area contributed by atoms with Crippen LogP contribution in [0, 0.1) is 0 Å². The van der Waals surface area contributed by atoms with Crippen LogP contribution in [0.1, 0.15) is 31.7 Å². The van der Waals surface area contributed by atoms with Crippen LogP contribution in [0.2, 0.25) is 0 Å². The first-order valence-electron chi connectivity index (χ1n) is 14.4. The summed E-state index contributed by atoms with van der Waals surface area (Å²) in [7, 11) is -2.04. The summed E-state index contributed by atoms with van der Waals surface area (Å²) in [4.78, 5) is 40.6. The van der Waals surface area contributed by atoms with Crippen LogP contribution in [0.25, 0.3) is 0 Å². The molecule has 0 bridgehead atoms. The van der Waals surface area contributed by atoms with Gasteiger partial charge in [0.15, 0.2) is 0 Å². The van der Waals surface area contributed by atoms with E-state index in [1.54, 1.807) is 38.3 Å². The van der Waals surface area contributed by atoms with E-state index < -0.39 is 50.0 Å². The lowest BCUT2D eigenvalue weighted by Crippen LogP contribution is -2.54. The zero-order valence-corrected chi connectivity index (χ0v) is 27.8. The molecule has 2 aromatic rings. The molecular formula is C29H42N6O8S2. The molecule has 1 aliphatic rings. The minimum atomic E-state index is -4.04. The van der Waals surface area contributed by atoms with Crippen molar-refractivity contribution in [1.82, 2.24) is 24.1 Å². The predicted octanol–water partition coefficient (Wildman–Crippen LogP) is 0.779. The first kappa shape index (κ1) is 35.7. The van der Waals surface area contributed by atoms with Crippen molar-refractivity contribution in [2.45, 2.75) is 49.6 Å². The Morgan fingerprint density at radius 2 is 1.58 bits per heavy atom. The molecule has 0 unspecified atom stereocenters. The molecular weight excluding hydrogens is 624 g/mol. The van der Waals surface area contributed by atoms with Crippen molar-refractivity contribution >= 4 is 43.6 Å². The Morgan fingerprint density at radius 3 is 2.18 bits per heavy atom. The SMILES string of the molecule is COc1ccc(C[C@@H]2NC(=O)CCCN(S(=O)(=O)c3ccc(NS(=O)(=O)N(C)C)cc3)CCCNC(=O)[C@H](C)N(C)C2=O)cc1. The van der Waals surface area contributed by atoms with Crippen LogP contribution in [0.5, 0.6) is 5.75 Å². The molecule has 0 aromatic heterocycles. The Hall–Kier alpha value is -3.73. The molecule has 16 heteroatoms. The van der Waals surface area contributed by atoms with Gasteiger partial charge in [0, 0.05) is 59.3 Å². The summed E-state index contributed by atoms with van der Waals surface area (Å²) in [5.74, 6) is -0.641. The zero-order valence-electron chi connectivity index (χ0n) is 26.1. The minimum Gasteiger partial charge on any atom is -0.497 e. The standard InChI is InChI=1S/C29H42N6O8S2/c1-21-28(37)30-17-7-19-35(44(39,40)25-15-11-23(12-16-25)32-45(41,42)33(2)3)18-6-8-27(36)31-26(29(38)34(21)4)20-22-9-13-24(43-5)14-10-22/h9-16,21,26,32H,6-8,17-20H2,1-5H3,(H,30,37)(H,31,36)/t21-,26-/m0/s1. The third-order valence-corrected chi connectivity index (χ3v) is 10.8. The molecule has 0 aliphatic carbocycles. The molecule has 1 saturated heterocycles. The average molecular weight is 667 g/mol. The van der Waals surface area contributed by atoms with Crippen LogP contribution < -0.4 is 20.1 Å². The van der Waals surface area contributed by atoms with Gasteiger partial charge in [0.25, 0.3) is 0 Å². The second kappa shape index (κ2) is 15.5. The number of likely N-dealkylation sites (N-methyl/N-ethyl adjacent to an activating group) is 1. The van der Waals surface area contributed by atoms with E-state index in [0.717, 1.165) is 9.87 Å². The summed E-state index contributed by atoms with van der Waals surface area (Å²) in [6.45, 7) is 1.81. The topological polar surface area (TPSA) is 175 Å². The van der Waals surface area contributed by atoms with Gasteiger partial charge in [-0.05, 0) is 61.7 Å². The molecule has 1 aliphatic heterocycles. The molecule has 3 N–H and O–H groups in total. The van der Waals surface area contributed by atoms with E-state index >= 15 is 0 Å². The van der Waals surface area contributed by atoms with E-state index in [-0.39, 0.29) is 55.9 Å². The molecule has 3 amide bonds. The van der Waals surface area contributed by atoms with Crippen LogP contribution in [-0.2, 0) is 41.0 Å². The third kappa shape index (κ3) is 9.63. The number of rotatable bonds is 8. The maximum absolute atomic E-state index is 13.6. The predicted molar refractivity (Wildman–Crippen MR) is 169 cm³/mol. The molecule has 248 valence electrons. The van der Waals surface area contributed by atoms with Crippen molar-refractivity contribution in [3.63, 3.8) is 0 Å². The van der Waals surface area contributed by atoms with E-state index in [1.807, 2.05) is 0 Å². The number of hydrogen-bond acceptors (Lipinski definition) is 8. The van der Waals surface area contributed by atoms with Crippen LogP contribution in [0.3, 0.4) is 0 Å². The van der Waals surface area contributed by atoms with Crippen LogP contribution in [0.4, 0.5) is 5.69 Å². The second-order valence-corrected chi connectivity index (χ2v) is 14.7. The molecule has 2 atom stereocenters. The van der Waals surface area contributed by atoms with Crippen molar-refractivity contribution < 1.29 is 36.0 Å². The zero-order chi connectivity index (χ0) is 33.4. The fourth-order valence-corrected chi connectivity index (χ4v) is 6.68. The highest BCUT2D eigenvalue weighted by atomic mass is 32.2. The van der Waals surface area contributed by atoms with Gasteiger partial charge >= 0.3 is 10.2 Å². The smallest absolute Gasteiger partial charge is 0.301 e. The van der Waals surface area contributed by atoms with Crippen molar-refractivity contribution in [2.24, 2.45) is 0 Å². The lowest BCUT2D eigenvalue weighted by Gasteiger charge is -2.29. The second-order valence-electron chi connectivity index (χ2n) is 10.9. The number of sulfonamides is 1. The molecule has 2 aromatic carbocycles. The maximum atomic E-state index is 13.6. The fourth-order valence-electron chi connectivity index (χ4n) is 4.54. The summed E-state index contributed by atoms with van der Waals surface area (Å²) in [6.07, 6.45) is 0.588. The highest BCUT2D eigenvalue weighted by molar-refractivity contribution is 7.90. The average Bonchev–Trinajstić information content (AvgIpc) is 3.00. The van der Waals surface area contributed by atoms with E-state index in [9.17, 15) is 31.2 Å². The normalized spacial score (nSPS) is 20.1. The van der Waals surface area contributed by atoms with E-state index in [4.69, 9.17) is 4.74 Å². The third-order valence-electron chi connectivity index (χ3n) is 7.45. The number of hydrogen-bond donors (Lipinski definition) is 3. The van der Waals surface area contributed by atoms with Crippen molar-refractivity contribution in [1.29, 1.82) is 0 Å². The number of methoxy groups -OCH3 is 1. The highest BCUT2D eigenvalue weighted by Gasteiger charge is 2.31. The number of amides is 3. The molecule has 0 spiro atoms. The number of nitrogens with zero attached hydrogens (tertiary/aromatic N) is 3. The van der Waals surface area contributed by atoms with Crippen molar-refractivity contribution in [3.05, 3.63) is 54.1 Å². The van der Waals surface area contributed by atoms with Gasteiger partial charge in [0.2, 0.25) is 27.7 Å². The number of ether oxygens (including phenoxy) is 1. The van der Waals surface area contributed by atoms with Crippen molar-refractivity contribution in [2.75, 3.05) is 52.6 Å². The summed E-state index contributed by atoms with van der Waals surface area (Å²) < 4.78 is 61.2.